The third-order valence-corrected chi connectivity index (χ3v) is 5.17. The summed E-state index contributed by atoms with van der Waals surface area (Å²) in [5.74, 6) is 0.214. The zero-order valence-electron chi connectivity index (χ0n) is 14.7. The smallest absolute Gasteiger partial charge is 0.339 e. The SMILES string of the molecule is Cc1ccc(S(=O)(=O)Oc2ccc(/C=C(\C#N)c3ccccc3)cc2)cc1. The lowest BCUT2D eigenvalue weighted by molar-refractivity contribution is 0.486. The van der Waals surface area contributed by atoms with Gasteiger partial charge in [-0.15, -0.1) is 0 Å². The number of nitrogens with zero attached hydrogens (tertiary/aromatic N) is 1. The average molecular weight is 375 g/mol. The van der Waals surface area contributed by atoms with E-state index < -0.39 is 10.1 Å². The molecule has 0 spiro atoms. The van der Waals surface area contributed by atoms with Gasteiger partial charge in [0.25, 0.3) is 0 Å². The second kappa shape index (κ2) is 7.90. The van der Waals surface area contributed by atoms with E-state index in [2.05, 4.69) is 6.07 Å². The zero-order chi connectivity index (χ0) is 19.3. The van der Waals surface area contributed by atoms with Crippen LogP contribution in [0.25, 0.3) is 11.6 Å². The van der Waals surface area contributed by atoms with Gasteiger partial charge in [-0.3, -0.25) is 0 Å². The number of benzene rings is 3. The summed E-state index contributed by atoms with van der Waals surface area (Å²) < 4.78 is 29.8. The molecular weight excluding hydrogens is 358 g/mol. The van der Waals surface area contributed by atoms with Crippen molar-refractivity contribution in [1.29, 1.82) is 5.26 Å². The van der Waals surface area contributed by atoms with Crippen LogP contribution in [0.1, 0.15) is 16.7 Å². The molecule has 4 nitrogen and oxygen atoms in total. The van der Waals surface area contributed by atoms with Gasteiger partial charge in [-0.1, -0.05) is 60.2 Å². The summed E-state index contributed by atoms with van der Waals surface area (Å²) in [5.41, 5.74) is 3.09. The molecule has 0 saturated heterocycles. The van der Waals surface area contributed by atoms with Crippen molar-refractivity contribution in [2.45, 2.75) is 11.8 Å². The zero-order valence-corrected chi connectivity index (χ0v) is 15.5. The topological polar surface area (TPSA) is 67.2 Å². The highest BCUT2D eigenvalue weighted by Gasteiger charge is 2.16. The second-order valence-corrected chi connectivity index (χ2v) is 7.50. The fraction of sp³-hybridized carbons (Fsp3) is 0.0455. The van der Waals surface area contributed by atoms with Crippen molar-refractivity contribution in [1.82, 2.24) is 0 Å². The molecule has 134 valence electrons. The van der Waals surface area contributed by atoms with Gasteiger partial charge in [0.2, 0.25) is 0 Å². The Balaban J connectivity index is 1.80. The highest BCUT2D eigenvalue weighted by molar-refractivity contribution is 7.87. The van der Waals surface area contributed by atoms with Crippen LogP contribution in [0.15, 0.2) is 83.8 Å². The Hall–Kier alpha value is -3.36. The van der Waals surface area contributed by atoms with Crippen molar-refractivity contribution in [2.75, 3.05) is 0 Å². The molecule has 5 heteroatoms. The number of rotatable bonds is 5. The Morgan fingerprint density at radius 3 is 2.15 bits per heavy atom. The summed E-state index contributed by atoms with van der Waals surface area (Å²) in [6, 6.07) is 24.5. The molecule has 0 aliphatic carbocycles. The maximum absolute atomic E-state index is 12.3. The van der Waals surface area contributed by atoms with Crippen LogP contribution in [0.5, 0.6) is 5.75 Å². The van der Waals surface area contributed by atoms with Crippen molar-refractivity contribution in [3.63, 3.8) is 0 Å². The third kappa shape index (κ3) is 4.63. The van der Waals surface area contributed by atoms with Gasteiger partial charge in [0.05, 0.1) is 11.6 Å². The van der Waals surface area contributed by atoms with Gasteiger partial charge in [-0.05, 0) is 48.4 Å². The number of hydrogen-bond acceptors (Lipinski definition) is 4. The molecule has 0 amide bonds. The van der Waals surface area contributed by atoms with E-state index in [1.54, 1.807) is 42.5 Å². The molecule has 0 aromatic heterocycles. The van der Waals surface area contributed by atoms with Crippen molar-refractivity contribution in [2.24, 2.45) is 0 Å². The predicted octanol–water partition coefficient (Wildman–Crippen LogP) is 4.83. The molecule has 0 aliphatic rings. The summed E-state index contributed by atoms with van der Waals surface area (Å²) in [6.45, 7) is 1.88. The minimum Gasteiger partial charge on any atom is -0.379 e. The minimum absolute atomic E-state index is 0.105. The van der Waals surface area contributed by atoms with Crippen LogP contribution >= 0.6 is 0 Å². The van der Waals surface area contributed by atoms with E-state index in [1.807, 2.05) is 37.3 Å². The van der Waals surface area contributed by atoms with Gasteiger partial charge in [-0.25, -0.2) is 0 Å². The third-order valence-electron chi connectivity index (χ3n) is 3.91. The summed E-state index contributed by atoms with van der Waals surface area (Å²) in [7, 11) is -3.88. The molecule has 0 bridgehead atoms. The molecule has 0 unspecified atom stereocenters. The summed E-state index contributed by atoms with van der Waals surface area (Å²) in [6.07, 6.45) is 1.74. The molecule has 0 saturated carbocycles. The van der Waals surface area contributed by atoms with Crippen LogP contribution in [0.3, 0.4) is 0 Å². The molecule has 3 aromatic carbocycles. The minimum atomic E-state index is -3.88. The Labute approximate surface area is 159 Å². The van der Waals surface area contributed by atoms with Gasteiger partial charge in [0, 0.05) is 0 Å². The number of nitriles is 1. The van der Waals surface area contributed by atoms with Crippen LogP contribution in [0, 0.1) is 18.3 Å². The molecule has 0 atom stereocenters. The van der Waals surface area contributed by atoms with Gasteiger partial charge in [0.1, 0.15) is 10.6 Å². The van der Waals surface area contributed by atoms with Crippen LogP contribution in [0.2, 0.25) is 0 Å². The Morgan fingerprint density at radius 2 is 1.56 bits per heavy atom. The normalized spacial score (nSPS) is 11.6. The van der Waals surface area contributed by atoms with Gasteiger partial charge in [0.15, 0.2) is 0 Å². The Morgan fingerprint density at radius 1 is 0.926 bits per heavy atom. The Bertz CT molecular complexity index is 1090. The lowest BCUT2D eigenvalue weighted by atomic mass is 10.0. The fourth-order valence-electron chi connectivity index (χ4n) is 2.46. The highest BCUT2D eigenvalue weighted by Crippen LogP contribution is 2.22. The highest BCUT2D eigenvalue weighted by atomic mass is 32.2. The molecule has 0 heterocycles. The van der Waals surface area contributed by atoms with Gasteiger partial charge >= 0.3 is 10.1 Å². The van der Waals surface area contributed by atoms with E-state index in [0.717, 1.165) is 16.7 Å². The van der Waals surface area contributed by atoms with E-state index in [-0.39, 0.29) is 10.6 Å². The average Bonchev–Trinajstić information content (AvgIpc) is 2.68. The summed E-state index contributed by atoms with van der Waals surface area (Å²) >= 11 is 0. The van der Waals surface area contributed by atoms with Crippen LogP contribution in [-0.2, 0) is 10.1 Å². The maximum Gasteiger partial charge on any atom is 0.339 e. The number of hydrogen-bond donors (Lipinski definition) is 0. The molecule has 27 heavy (non-hydrogen) atoms. The first-order valence-electron chi connectivity index (χ1n) is 8.26. The molecule has 0 fully saturated rings. The first-order valence-corrected chi connectivity index (χ1v) is 9.67. The molecular formula is C22H17NO3S. The standard InChI is InChI=1S/C22H17NO3S/c1-17-7-13-22(14-8-17)27(24,25)26-21-11-9-18(10-12-21)15-20(16-23)19-5-3-2-4-6-19/h2-15H,1H3/b20-15+. The van der Waals surface area contributed by atoms with E-state index in [0.29, 0.717) is 5.57 Å². The molecule has 0 radical (unpaired) electrons. The monoisotopic (exact) mass is 375 g/mol. The molecule has 0 aliphatic heterocycles. The van der Waals surface area contributed by atoms with Crippen LogP contribution < -0.4 is 4.18 Å². The van der Waals surface area contributed by atoms with E-state index in [1.165, 1.54) is 12.1 Å². The molecule has 3 rings (SSSR count). The van der Waals surface area contributed by atoms with E-state index in [4.69, 9.17) is 4.18 Å². The lowest BCUT2D eigenvalue weighted by Crippen LogP contribution is -2.09. The maximum atomic E-state index is 12.3. The van der Waals surface area contributed by atoms with E-state index in [9.17, 15) is 13.7 Å². The first-order chi connectivity index (χ1) is 13.0. The lowest BCUT2D eigenvalue weighted by Gasteiger charge is -2.07. The van der Waals surface area contributed by atoms with Crippen molar-refractivity contribution in [3.8, 4) is 11.8 Å². The van der Waals surface area contributed by atoms with Crippen molar-refractivity contribution in [3.05, 3.63) is 95.6 Å². The largest absolute Gasteiger partial charge is 0.379 e. The molecule has 3 aromatic rings. The summed E-state index contributed by atoms with van der Waals surface area (Å²) in [5, 5.41) is 9.37. The van der Waals surface area contributed by atoms with Crippen LogP contribution in [0.4, 0.5) is 0 Å². The summed E-state index contributed by atoms with van der Waals surface area (Å²) in [4.78, 5) is 0.105. The second-order valence-electron chi connectivity index (χ2n) is 5.96. The Kier molecular flexibility index (Phi) is 5.39. The number of allylic oxidation sites excluding steroid dienone is 1. The first kappa shape index (κ1) is 18.4. The fourth-order valence-corrected chi connectivity index (χ4v) is 3.39. The van der Waals surface area contributed by atoms with Gasteiger partial charge in [-0.2, -0.15) is 13.7 Å². The number of aryl methyl sites for hydroxylation is 1. The van der Waals surface area contributed by atoms with Crippen molar-refractivity contribution >= 4 is 21.8 Å². The van der Waals surface area contributed by atoms with Gasteiger partial charge < -0.3 is 4.18 Å². The quantitative estimate of drug-likeness (QED) is 0.364. The predicted molar refractivity (Wildman–Crippen MR) is 105 cm³/mol. The molecule has 0 N–H and O–H groups in total. The van der Waals surface area contributed by atoms with E-state index >= 15 is 0 Å². The van der Waals surface area contributed by atoms with Crippen LogP contribution in [-0.4, -0.2) is 8.42 Å². The van der Waals surface area contributed by atoms with Crippen molar-refractivity contribution < 1.29 is 12.6 Å².